The van der Waals surface area contributed by atoms with Gasteiger partial charge in [0.1, 0.15) is 6.54 Å². The fourth-order valence-electron chi connectivity index (χ4n) is 2.35. The molecule has 5 nitrogen and oxygen atoms in total. The second-order valence-corrected chi connectivity index (χ2v) is 5.45. The van der Waals surface area contributed by atoms with Crippen molar-refractivity contribution in [1.29, 1.82) is 0 Å². The van der Waals surface area contributed by atoms with E-state index in [1.165, 1.54) is 11.0 Å². The fourth-order valence-corrected chi connectivity index (χ4v) is 2.52. The largest absolute Gasteiger partial charge is 0.336 e. The summed E-state index contributed by atoms with van der Waals surface area (Å²) in [5.74, 6) is -1.19. The Hall–Kier alpha value is -1.69. The van der Waals surface area contributed by atoms with Crippen LogP contribution in [-0.2, 0) is 4.79 Å². The molecule has 0 aromatic carbocycles. The van der Waals surface area contributed by atoms with Crippen LogP contribution in [0.15, 0.2) is 12.3 Å². The normalized spacial score (nSPS) is 19.4. The smallest absolute Gasteiger partial charge is 0.256 e. The Kier molecular flexibility index (Phi) is 3.33. The van der Waals surface area contributed by atoms with E-state index in [0.29, 0.717) is 19.1 Å². The van der Waals surface area contributed by atoms with E-state index in [4.69, 9.17) is 11.6 Å². The molecule has 0 N–H and O–H groups in total. The number of rotatable bonds is 2. The van der Waals surface area contributed by atoms with Gasteiger partial charge in [0.15, 0.2) is 0 Å². The van der Waals surface area contributed by atoms with E-state index in [1.54, 1.807) is 0 Å². The predicted octanol–water partition coefficient (Wildman–Crippen LogP) is 1.32. The molecule has 2 amide bonds. The molecule has 2 heterocycles. The van der Waals surface area contributed by atoms with E-state index < -0.39 is 5.95 Å². The first-order chi connectivity index (χ1) is 9.56. The minimum atomic E-state index is -0.808. The number of halogens is 2. The van der Waals surface area contributed by atoms with Gasteiger partial charge < -0.3 is 9.80 Å². The maximum Gasteiger partial charge on any atom is 0.256 e. The van der Waals surface area contributed by atoms with E-state index in [0.717, 1.165) is 19.0 Å². The molecular weight excluding hydrogens is 285 g/mol. The lowest BCUT2D eigenvalue weighted by Crippen LogP contribution is -2.52. The van der Waals surface area contributed by atoms with E-state index in [9.17, 15) is 14.0 Å². The van der Waals surface area contributed by atoms with Crippen LogP contribution in [-0.4, -0.2) is 52.3 Å². The second kappa shape index (κ2) is 5.01. The molecule has 1 aromatic rings. The maximum absolute atomic E-state index is 13.0. The monoisotopic (exact) mass is 297 g/mol. The molecule has 7 heteroatoms. The summed E-state index contributed by atoms with van der Waals surface area (Å²) in [6, 6.07) is 1.60. The van der Waals surface area contributed by atoms with Gasteiger partial charge in [-0.05, 0) is 18.9 Å². The summed E-state index contributed by atoms with van der Waals surface area (Å²) < 4.78 is 13.0. The second-order valence-electron chi connectivity index (χ2n) is 5.04. The van der Waals surface area contributed by atoms with Gasteiger partial charge in [0.05, 0.1) is 10.6 Å². The number of amides is 2. The Labute approximate surface area is 120 Å². The first-order valence-corrected chi connectivity index (χ1v) is 6.84. The number of pyridine rings is 1. The van der Waals surface area contributed by atoms with Gasteiger partial charge in [0.25, 0.3) is 5.91 Å². The summed E-state index contributed by atoms with van der Waals surface area (Å²) in [6.07, 6.45) is 3.25. The zero-order chi connectivity index (χ0) is 14.3. The summed E-state index contributed by atoms with van der Waals surface area (Å²) in [7, 11) is 0. The number of hydrogen-bond acceptors (Lipinski definition) is 3. The van der Waals surface area contributed by atoms with Crippen LogP contribution in [0.4, 0.5) is 4.39 Å². The van der Waals surface area contributed by atoms with Crippen LogP contribution in [0.5, 0.6) is 0 Å². The quantitative estimate of drug-likeness (QED) is 0.774. The molecule has 0 bridgehead atoms. The molecule has 106 valence electrons. The van der Waals surface area contributed by atoms with Crippen molar-refractivity contribution in [2.45, 2.75) is 18.9 Å². The average Bonchev–Trinajstić information content (AvgIpc) is 3.25. The highest BCUT2D eigenvalue weighted by Crippen LogP contribution is 2.28. The van der Waals surface area contributed by atoms with Crippen LogP contribution in [0.3, 0.4) is 0 Å². The molecule has 1 aromatic heterocycles. The van der Waals surface area contributed by atoms with Crippen molar-refractivity contribution < 1.29 is 14.0 Å². The Bertz CT molecular complexity index is 577. The molecule has 3 rings (SSSR count). The minimum absolute atomic E-state index is 0.0340. The van der Waals surface area contributed by atoms with Gasteiger partial charge in [-0.2, -0.15) is 4.39 Å². The highest BCUT2D eigenvalue weighted by atomic mass is 35.5. The molecule has 0 unspecified atom stereocenters. The third kappa shape index (κ3) is 2.47. The minimum Gasteiger partial charge on any atom is -0.336 e. The van der Waals surface area contributed by atoms with Crippen molar-refractivity contribution in [3.05, 3.63) is 28.8 Å². The van der Waals surface area contributed by atoms with Crippen molar-refractivity contribution in [2.75, 3.05) is 19.6 Å². The highest BCUT2D eigenvalue weighted by molar-refractivity contribution is 6.31. The lowest BCUT2D eigenvalue weighted by Gasteiger charge is -2.34. The Morgan fingerprint density at radius 3 is 2.75 bits per heavy atom. The van der Waals surface area contributed by atoms with Crippen molar-refractivity contribution in [3.63, 3.8) is 0 Å². The number of nitrogens with zero attached hydrogens (tertiary/aromatic N) is 3. The number of hydrogen-bond donors (Lipinski definition) is 0. The molecule has 0 atom stereocenters. The van der Waals surface area contributed by atoms with Crippen LogP contribution in [0.2, 0.25) is 5.02 Å². The molecule has 1 saturated carbocycles. The molecule has 0 radical (unpaired) electrons. The number of aromatic nitrogens is 1. The van der Waals surface area contributed by atoms with Crippen LogP contribution in [0.1, 0.15) is 23.2 Å². The van der Waals surface area contributed by atoms with Crippen LogP contribution in [0.25, 0.3) is 0 Å². The van der Waals surface area contributed by atoms with Crippen LogP contribution in [0, 0.1) is 5.95 Å². The summed E-state index contributed by atoms with van der Waals surface area (Å²) in [6.45, 7) is 1.10. The Morgan fingerprint density at radius 2 is 2.15 bits per heavy atom. The van der Waals surface area contributed by atoms with Crippen molar-refractivity contribution in [1.82, 2.24) is 14.8 Å². The summed E-state index contributed by atoms with van der Waals surface area (Å²) in [5.41, 5.74) is 0.198. The van der Waals surface area contributed by atoms with Gasteiger partial charge in [-0.1, -0.05) is 11.6 Å². The van der Waals surface area contributed by atoms with E-state index in [1.807, 2.05) is 4.90 Å². The van der Waals surface area contributed by atoms with Crippen molar-refractivity contribution >= 4 is 23.4 Å². The van der Waals surface area contributed by atoms with Crippen molar-refractivity contribution in [3.8, 4) is 0 Å². The van der Waals surface area contributed by atoms with Crippen molar-refractivity contribution in [2.24, 2.45) is 0 Å². The SMILES string of the molecule is O=C(c1cnc(F)c(Cl)c1)N1CCN(C2CC2)C(=O)C1. The first kappa shape index (κ1) is 13.3. The molecule has 0 spiro atoms. The van der Waals surface area contributed by atoms with E-state index in [2.05, 4.69) is 4.98 Å². The summed E-state index contributed by atoms with van der Waals surface area (Å²) in [4.78, 5) is 30.9. The summed E-state index contributed by atoms with van der Waals surface area (Å²) >= 11 is 5.62. The standard InChI is InChI=1S/C13H13ClFN3O2/c14-10-5-8(6-16-12(10)15)13(20)17-3-4-18(9-1-2-9)11(19)7-17/h5-6,9H,1-4,7H2. The maximum atomic E-state index is 13.0. The Morgan fingerprint density at radius 1 is 1.40 bits per heavy atom. The molecule has 1 saturated heterocycles. The predicted molar refractivity (Wildman–Crippen MR) is 69.8 cm³/mol. The third-order valence-electron chi connectivity index (χ3n) is 3.58. The zero-order valence-corrected chi connectivity index (χ0v) is 11.4. The molecule has 1 aliphatic heterocycles. The molecule has 2 fully saturated rings. The molecular formula is C13H13ClFN3O2. The topological polar surface area (TPSA) is 53.5 Å². The number of piperazine rings is 1. The number of carbonyl (C=O) groups excluding carboxylic acids is 2. The molecule has 2 aliphatic rings. The van der Waals surface area contributed by atoms with Gasteiger partial charge in [0, 0.05) is 25.3 Å². The first-order valence-electron chi connectivity index (χ1n) is 6.46. The zero-order valence-electron chi connectivity index (χ0n) is 10.7. The lowest BCUT2D eigenvalue weighted by atomic mass is 10.2. The average molecular weight is 298 g/mol. The van der Waals surface area contributed by atoms with Gasteiger partial charge in [0.2, 0.25) is 11.9 Å². The van der Waals surface area contributed by atoms with Gasteiger partial charge in [-0.25, -0.2) is 4.98 Å². The van der Waals surface area contributed by atoms with Crippen LogP contribution >= 0.6 is 11.6 Å². The van der Waals surface area contributed by atoms with Gasteiger partial charge >= 0.3 is 0 Å². The fraction of sp³-hybridized carbons (Fsp3) is 0.462. The van der Waals surface area contributed by atoms with Crippen LogP contribution < -0.4 is 0 Å². The third-order valence-corrected chi connectivity index (χ3v) is 3.84. The lowest BCUT2D eigenvalue weighted by molar-refractivity contribution is -0.135. The van der Waals surface area contributed by atoms with Gasteiger partial charge in [-0.3, -0.25) is 9.59 Å². The van der Waals surface area contributed by atoms with Gasteiger partial charge in [-0.15, -0.1) is 0 Å². The summed E-state index contributed by atoms with van der Waals surface area (Å²) in [5, 5.41) is -0.196. The van der Waals surface area contributed by atoms with E-state index in [-0.39, 0.29) is 28.9 Å². The Balaban J connectivity index is 1.71. The molecule has 20 heavy (non-hydrogen) atoms. The highest BCUT2D eigenvalue weighted by Gasteiger charge is 2.37. The number of carbonyl (C=O) groups is 2. The van der Waals surface area contributed by atoms with E-state index >= 15 is 0 Å². The molecule has 1 aliphatic carbocycles.